The molecular formula is C15H13IN2O. The lowest BCUT2D eigenvalue weighted by Crippen LogP contribution is -2.03. The SMILES string of the molecule is COc1cccc(C#N)c1NCc1ccc(I)cc1. The van der Waals surface area contributed by atoms with Gasteiger partial charge in [-0.2, -0.15) is 5.26 Å². The monoisotopic (exact) mass is 364 g/mol. The van der Waals surface area contributed by atoms with Crippen LogP contribution in [0.15, 0.2) is 42.5 Å². The van der Waals surface area contributed by atoms with E-state index in [1.165, 1.54) is 3.57 Å². The fourth-order valence-electron chi connectivity index (χ4n) is 1.77. The number of nitrogens with one attached hydrogen (secondary N) is 1. The van der Waals surface area contributed by atoms with E-state index in [0.29, 0.717) is 17.9 Å². The van der Waals surface area contributed by atoms with Crippen molar-refractivity contribution in [1.29, 1.82) is 5.26 Å². The number of anilines is 1. The maximum absolute atomic E-state index is 9.13. The molecule has 0 aromatic heterocycles. The second kappa shape index (κ2) is 6.43. The van der Waals surface area contributed by atoms with E-state index in [2.05, 4.69) is 58.2 Å². The van der Waals surface area contributed by atoms with Gasteiger partial charge in [-0.25, -0.2) is 0 Å². The molecule has 3 nitrogen and oxygen atoms in total. The third kappa shape index (κ3) is 3.38. The van der Waals surface area contributed by atoms with Crippen molar-refractivity contribution in [2.24, 2.45) is 0 Å². The molecule has 0 saturated carbocycles. The topological polar surface area (TPSA) is 45.0 Å². The number of nitrogens with zero attached hydrogens (tertiary/aromatic N) is 1. The van der Waals surface area contributed by atoms with Gasteiger partial charge in [0.15, 0.2) is 0 Å². The molecule has 0 unspecified atom stereocenters. The third-order valence-electron chi connectivity index (χ3n) is 2.75. The van der Waals surface area contributed by atoms with E-state index in [-0.39, 0.29) is 0 Å². The van der Waals surface area contributed by atoms with Gasteiger partial charge >= 0.3 is 0 Å². The lowest BCUT2D eigenvalue weighted by atomic mass is 10.1. The number of ether oxygens (including phenoxy) is 1. The number of methoxy groups -OCH3 is 1. The molecular weight excluding hydrogens is 351 g/mol. The first-order valence-electron chi connectivity index (χ1n) is 5.80. The molecule has 0 bridgehead atoms. The molecule has 96 valence electrons. The summed E-state index contributed by atoms with van der Waals surface area (Å²) in [6.07, 6.45) is 0. The Bertz CT molecular complexity index is 603. The minimum absolute atomic E-state index is 0.588. The Labute approximate surface area is 126 Å². The Kier molecular flexibility index (Phi) is 4.63. The molecule has 0 fully saturated rings. The van der Waals surface area contributed by atoms with Crippen LogP contribution < -0.4 is 10.1 Å². The van der Waals surface area contributed by atoms with Gasteiger partial charge in [0, 0.05) is 10.1 Å². The Hall–Kier alpha value is -1.74. The van der Waals surface area contributed by atoms with Gasteiger partial charge in [0.1, 0.15) is 11.8 Å². The number of nitriles is 1. The maximum Gasteiger partial charge on any atom is 0.143 e. The quantitative estimate of drug-likeness (QED) is 0.840. The lowest BCUT2D eigenvalue weighted by Gasteiger charge is -2.12. The van der Waals surface area contributed by atoms with Gasteiger partial charge in [0.25, 0.3) is 0 Å². The van der Waals surface area contributed by atoms with Crippen LogP contribution in [0.25, 0.3) is 0 Å². The summed E-state index contributed by atoms with van der Waals surface area (Å²) in [6, 6.07) is 15.9. The predicted molar refractivity (Wildman–Crippen MR) is 84.2 cm³/mol. The van der Waals surface area contributed by atoms with Gasteiger partial charge in [-0.3, -0.25) is 0 Å². The summed E-state index contributed by atoms with van der Waals surface area (Å²) in [7, 11) is 1.60. The van der Waals surface area contributed by atoms with Crippen molar-refractivity contribution in [2.45, 2.75) is 6.54 Å². The molecule has 1 N–H and O–H groups in total. The lowest BCUT2D eigenvalue weighted by molar-refractivity contribution is 0.416. The van der Waals surface area contributed by atoms with E-state index >= 15 is 0 Å². The first kappa shape index (κ1) is 13.7. The molecule has 0 heterocycles. The van der Waals surface area contributed by atoms with E-state index in [4.69, 9.17) is 10.00 Å². The zero-order chi connectivity index (χ0) is 13.7. The van der Waals surface area contributed by atoms with Crippen LogP contribution in [0, 0.1) is 14.9 Å². The highest BCUT2D eigenvalue weighted by Gasteiger charge is 2.08. The van der Waals surface area contributed by atoms with Crippen LogP contribution in [0.3, 0.4) is 0 Å². The molecule has 0 spiro atoms. The van der Waals surface area contributed by atoms with Crippen molar-refractivity contribution in [2.75, 3.05) is 12.4 Å². The van der Waals surface area contributed by atoms with Crippen LogP contribution in [0.2, 0.25) is 0 Å². The molecule has 2 rings (SSSR count). The van der Waals surface area contributed by atoms with E-state index in [1.807, 2.05) is 12.1 Å². The van der Waals surface area contributed by atoms with Gasteiger partial charge in [0.05, 0.1) is 18.4 Å². The fourth-order valence-corrected chi connectivity index (χ4v) is 2.13. The summed E-state index contributed by atoms with van der Waals surface area (Å²) in [5, 5.41) is 12.4. The molecule has 2 aromatic rings. The largest absolute Gasteiger partial charge is 0.495 e. The van der Waals surface area contributed by atoms with Crippen LogP contribution in [-0.2, 0) is 6.54 Å². The maximum atomic E-state index is 9.13. The van der Waals surface area contributed by atoms with Gasteiger partial charge in [-0.1, -0.05) is 18.2 Å². The van der Waals surface area contributed by atoms with Crippen LogP contribution in [0.1, 0.15) is 11.1 Å². The number of para-hydroxylation sites is 1. The Morgan fingerprint density at radius 1 is 1.21 bits per heavy atom. The van der Waals surface area contributed by atoms with E-state index < -0.39 is 0 Å². The van der Waals surface area contributed by atoms with Crippen molar-refractivity contribution >= 4 is 28.3 Å². The molecule has 0 aliphatic carbocycles. The highest BCUT2D eigenvalue weighted by Crippen LogP contribution is 2.28. The third-order valence-corrected chi connectivity index (χ3v) is 3.47. The Morgan fingerprint density at radius 3 is 2.58 bits per heavy atom. The average molecular weight is 364 g/mol. The second-order valence-electron chi connectivity index (χ2n) is 3.97. The van der Waals surface area contributed by atoms with Gasteiger partial charge in [0.2, 0.25) is 0 Å². The Balaban J connectivity index is 2.19. The van der Waals surface area contributed by atoms with Gasteiger partial charge < -0.3 is 10.1 Å². The fraction of sp³-hybridized carbons (Fsp3) is 0.133. The zero-order valence-electron chi connectivity index (χ0n) is 10.5. The minimum atomic E-state index is 0.588. The highest BCUT2D eigenvalue weighted by molar-refractivity contribution is 14.1. The number of hydrogen-bond acceptors (Lipinski definition) is 3. The van der Waals surface area contributed by atoms with Crippen LogP contribution >= 0.6 is 22.6 Å². The predicted octanol–water partition coefficient (Wildman–Crippen LogP) is 3.78. The van der Waals surface area contributed by atoms with Crippen molar-refractivity contribution in [3.05, 3.63) is 57.2 Å². The number of benzene rings is 2. The molecule has 0 saturated heterocycles. The summed E-state index contributed by atoms with van der Waals surface area (Å²) in [4.78, 5) is 0. The average Bonchev–Trinajstić information content (AvgIpc) is 2.46. The van der Waals surface area contributed by atoms with E-state index in [9.17, 15) is 0 Å². The van der Waals surface area contributed by atoms with Crippen molar-refractivity contribution in [1.82, 2.24) is 0 Å². The van der Waals surface area contributed by atoms with Crippen LogP contribution in [0.5, 0.6) is 5.75 Å². The van der Waals surface area contributed by atoms with E-state index in [0.717, 1.165) is 11.3 Å². The molecule has 0 aliphatic rings. The summed E-state index contributed by atoms with van der Waals surface area (Å²) in [5.74, 6) is 0.685. The molecule has 0 radical (unpaired) electrons. The first-order valence-corrected chi connectivity index (χ1v) is 6.88. The molecule has 4 heteroatoms. The minimum Gasteiger partial charge on any atom is -0.495 e. The standard InChI is InChI=1S/C15H13IN2O/c1-19-14-4-2-3-12(9-17)15(14)18-10-11-5-7-13(16)8-6-11/h2-8,18H,10H2,1H3. The van der Waals surface area contributed by atoms with Crippen LogP contribution in [-0.4, -0.2) is 7.11 Å². The molecule has 0 atom stereocenters. The van der Waals surface area contributed by atoms with Crippen molar-refractivity contribution < 1.29 is 4.74 Å². The molecule has 19 heavy (non-hydrogen) atoms. The normalized spacial score (nSPS) is 9.74. The van der Waals surface area contributed by atoms with Crippen molar-refractivity contribution in [3.63, 3.8) is 0 Å². The summed E-state index contributed by atoms with van der Waals surface area (Å²) in [5.41, 5.74) is 2.49. The van der Waals surface area contributed by atoms with Crippen molar-refractivity contribution in [3.8, 4) is 11.8 Å². The zero-order valence-corrected chi connectivity index (χ0v) is 12.6. The summed E-state index contributed by atoms with van der Waals surface area (Å²) < 4.78 is 6.49. The first-order chi connectivity index (χ1) is 9.24. The molecule has 0 aliphatic heterocycles. The number of rotatable bonds is 4. The second-order valence-corrected chi connectivity index (χ2v) is 5.22. The van der Waals surface area contributed by atoms with Gasteiger partial charge in [-0.05, 0) is 52.4 Å². The van der Waals surface area contributed by atoms with E-state index in [1.54, 1.807) is 13.2 Å². The smallest absolute Gasteiger partial charge is 0.143 e. The molecule has 0 amide bonds. The Morgan fingerprint density at radius 2 is 1.95 bits per heavy atom. The highest BCUT2D eigenvalue weighted by atomic mass is 127. The number of hydrogen-bond donors (Lipinski definition) is 1. The number of halogens is 1. The summed E-state index contributed by atoms with van der Waals surface area (Å²) in [6.45, 7) is 0.659. The molecule has 2 aromatic carbocycles. The summed E-state index contributed by atoms with van der Waals surface area (Å²) >= 11 is 2.28. The van der Waals surface area contributed by atoms with Gasteiger partial charge in [-0.15, -0.1) is 0 Å². The van der Waals surface area contributed by atoms with Crippen LogP contribution in [0.4, 0.5) is 5.69 Å².